The Labute approximate surface area is 115 Å². The van der Waals surface area contributed by atoms with Crippen molar-refractivity contribution in [2.75, 3.05) is 18.0 Å². The molecule has 0 radical (unpaired) electrons. The van der Waals surface area contributed by atoms with E-state index in [-0.39, 0.29) is 5.54 Å². The van der Waals surface area contributed by atoms with Crippen LogP contribution in [-0.2, 0) is 6.42 Å². The van der Waals surface area contributed by atoms with E-state index in [1.807, 2.05) is 6.92 Å². The first kappa shape index (κ1) is 12.5. The lowest BCUT2D eigenvalue weighted by molar-refractivity contribution is 0.415. The maximum Gasteiger partial charge on any atom is 0.105 e. The van der Waals surface area contributed by atoms with Crippen molar-refractivity contribution >= 4 is 5.69 Å². The summed E-state index contributed by atoms with van der Waals surface area (Å²) in [5.74, 6) is 0. The van der Waals surface area contributed by atoms with Crippen molar-refractivity contribution in [2.24, 2.45) is 0 Å². The van der Waals surface area contributed by atoms with Gasteiger partial charge in [-0.05, 0) is 44.2 Å². The van der Waals surface area contributed by atoms with E-state index < -0.39 is 0 Å². The molecule has 0 bridgehead atoms. The third kappa shape index (κ3) is 2.74. The number of hydrogen-bond donors (Lipinski definition) is 1. The summed E-state index contributed by atoms with van der Waals surface area (Å²) in [5, 5.41) is 12.9. The van der Waals surface area contributed by atoms with Crippen LogP contribution >= 0.6 is 0 Å². The van der Waals surface area contributed by atoms with E-state index >= 15 is 0 Å². The molecule has 100 valence electrons. The van der Waals surface area contributed by atoms with E-state index in [9.17, 15) is 5.26 Å². The van der Waals surface area contributed by atoms with Crippen LogP contribution in [0.1, 0.15) is 31.7 Å². The number of rotatable bonds is 5. The SMILES string of the molecule is CC(C#N)(CCN1CCc2ccccc21)NC1CC1. The first-order valence-corrected chi connectivity index (χ1v) is 7.22. The lowest BCUT2D eigenvalue weighted by Crippen LogP contribution is -2.45. The molecule has 1 aromatic rings. The second kappa shape index (κ2) is 4.86. The summed E-state index contributed by atoms with van der Waals surface area (Å²) >= 11 is 0. The molecule has 2 aliphatic rings. The maximum absolute atomic E-state index is 9.40. The van der Waals surface area contributed by atoms with Gasteiger partial charge in [0.05, 0.1) is 6.07 Å². The van der Waals surface area contributed by atoms with E-state index in [4.69, 9.17) is 0 Å². The second-order valence-electron chi connectivity index (χ2n) is 5.98. The maximum atomic E-state index is 9.40. The highest BCUT2D eigenvalue weighted by Crippen LogP contribution is 2.29. The van der Waals surface area contributed by atoms with E-state index in [1.165, 1.54) is 24.1 Å². The molecule has 1 aromatic carbocycles. The fourth-order valence-electron chi connectivity index (χ4n) is 2.84. The average molecular weight is 255 g/mol. The summed E-state index contributed by atoms with van der Waals surface area (Å²) in [6, 6.07) is 11.7. The van der Waals surface area contributed by atoms with Crippen LogP contribution in [0.5, 0.6) is 0 Å². The predicted molar refractivity (Wildman–Crippen MR) is 77.2 cm³/mol. The molecule has 0 aromatic heterocycles. The first-order valence-electron chi connectivity index (χ1n) is 7.22. The minimum atomic E-state index is -0.376. The van der Waals surface area contributed by atoms with Gasteiger partial charge in [0.2, 0.25) is 0 Å². The van der Waals surface area contributed by atoms with E-state index in [1.54, 1.807) is 0 Å². The van der Waals surface area contributed by atoms with Crippen LogP contribution in [0.25, 0.3) is 0 Å². The minimum Gasteiger partial charge on any atom is -0.371 e. The first-order chi connectivity index (χ1) is 9.20. The molecule has 1 N–H and O–H groups in total. The molecule has 1 aliphatic heterocycles. The topological polar surface area (TPSA) is 39.1 Å². The lowest BCUT2D eigenvalue weighted by Gasteiger charge is -2.27. The summed E-state index contributed by atoms with van der Waals surface area (Å²) in [6.45, 7) is 4.08. The Balaban J connectivity index is 1.62. The number of benzene rings is 1. The molecule has 3 rings (SSSR count). The zero-order valence-corrected chi connectivity index (χ0v) is 11.5. The van der Waals surface area contributed by atoms with Gasteiger partial charge in [-0.1, -0.05) is 18.2 Å². The van der Waals surface area contributed by atoms with Gasteiger partial charge in [-0.25, -0.2) is 0 Å². The molecule has 0 saturated heterocycles. The van der Waals surface area contributed by atoms with Gasteiger partial charge in [0.1, 0.15) is 5.54 Å². The van der Waals surface area contributed by atoms with E-state index in [0.29, 0.717) is 6.04 Å². The smallest absolute Gasteiger partial charge is 0.105 e. The molecule has 1 fully saturated rings. The summed E-state index contributed by atoms with van der Waals surface area (Å²) in [5.41, 5.74) is 2.42. The van der Waals surface area contributed by atoms with Gasteiger partial charge in [-0.15, -0.1) is 0 Å². The molecule has 1 saturated carbocycles. The second-order valence-corrected chi connectivity index (χ2v) is 5.98. The Morgan fingerprint density at radius 2 is 2.21 bits per heavy atom. The third-order valence-electron chi connectivity index (χ3n) is 4.21. The van der Waals surface area contributed by atoms with Crippen LogP contribution in [0.2, 0.25) is 0 Å². The Morgan fingerprint density at radius 1 is 1.42 bits per heavy atom. The van der Waals surface area contributed by atoms with Crippen molar-refractivity contribution in [2.45, 2.75) is 44.2 Å². The van der Waals surface area contributed by atoms with Gasteiger partial charge in [0.25, 0.3) is 0 Å². The van der Waals surface area contributed by atoms with Gasteiger partial charge < -0.3 is 4.90 Å². The van der Waals surface area contributed by atoms with Gasteiger partial charge in [0, 0.05) is 24.8 Å². The Hall–Kier alpha value is -1.53. The van der Waals surface area contributed by atoms with Gasteiger partial charge in [0.15, 0.2) is 0 Å². The molecule has 3 heteroatoms. The summed E-state index contributed by atoms with van der Waals surface area (Å²) in [7, 11) is 0. The fourth-order valence-corrected chi connectivity index (χ4v) is 2.84. The van der Waals surface area contributed by atoms with E-state index in [0.717, 1.165) is 25.9 Å². The number of nitriles is 1. The molecular weight excluding hydrogens is 234 g/mol. The molecule has 1 atom stereocenters. The molecule has 1 unspecified atom stereocenters. The zero-order chi connectivity index (χ0) is 13.3. The summed E-state index contributed by atoms with van der Waals surface area (Å²) in [6.07, 6.45) is 4.47. The fraction of sp³-hybridized carbons (Fsp3) is 0.562. The summed E-state index contributed by atoms with van der Waals surface area (Å²) < 4.78 is 0. The Bertz CT molecular complexity index is 501. The Kier molecular flexibility index (Phi) is 3.20. The van der Waals surface area contributed by atoms with Crippen LogP contribution in [0.3, 0.4) is 0 Å². The summed E-state index contributed by atoms with van der Waals surface area (Å²) in [4.78, 5) is 2.42. The highest BCUT2D eigenvalue weighted by Gasteiger charge is 2.33. The number of fused-ring (bicyclic) bond motifs is 1. The average Bonchev–Trinajstić information content (AvgIpc) is 3.14. The van der Waals surface area contributed by atoms with Gasteiger partial charge in [-0.3, -0.25) is 5.32 Å². The largest absolute Gasteiger partial charge is 0.371 e. The minimum absolute atomic E-state index is 0.376. The van der Waals surface area contributed by atoms with Crippen molar-refractivity contribution in [1.29, 1.82) is 5.26 Å². The number of nitrogens with zero attached hydrogens (tertiary/aromatic N) is 2. The monoisotopic (exact) mass is 255 g/mol. The molecular formula is C16H21N3. The predicted octanol–water partition coefficient (Wildman–Crippen LogP) is 2.47. The van der Waals surface area contributed by atoms with E-state index in [2.05, 4.69) is 40.6 Å². The van der Waals surface area contributed by atoms with Crippen LogP contribution in [0.15, 0.2) is 24.3 Å². The molecule has 3 nitrogen and oxygen atoms in total. The molecule has 0 amide bonds. The number of para-hydroxylation sites is 1. The lowest BCUT2D eigenvalue weighted by atomic mass is 9.99. The molecule has 0 spiro atoms. The highest BCUT2D eigenvalue weighted by molar-refractivity contribution is 5.57. The molecule has 1 heterocycles. The van der Waals surface area contributed by atoms with Gasteiger partial charge >= 0.3 is 0 Å². The Morgan fingerprint density at radius 3 is 2.95 bits per heavy atom. The standard InChI is InChI=1S/C16H21N3/c1-16(12-17,18-14-6-7-14)9-11-19-10-8-13-4-2-3-5-15(13)19/h2-5,14,18H,6-11H2,1H3. The van der Waals surface area contributed by atoms with Gasteiger partial charge in [-0.2, -0.15) is 5.26 Å². The third-order valence-corrected chi connectivity index (χ3v) is 4.21. The number of anilines is 1. The normalized spacial score (nSPS) is 20.7. The molecule has 1 aliphatic carbocycles. The number of nitrogens with one attached hydrogen (secondary N) is 1. The molecule has 19 heavy (non-hydrogen) atoms. The van der Waals surface area contributed by atoms with Crippen LogP contribution in [0.4, 0.5) is 5.69 Å². The van der Waals surface area contributed by atoms with Crippen LogP contribution in [-0.4, -0.2) is 24.7 Å². The van der Waals surface area contributed by atoms with Crippen molar-refractivity contribution in [3.05, 3.63) is 29.8 Å². The van der Waals surface area contributed by atoms with Crippen LogP contribution < -0.4 is 10.2 Å². The van der Waals surface area contributed by atoms with Crippen molar-refractivity contribution in [3.63, 3.8) is 0 Å². The van der Waals surface area contributed by atoms with Crippen LogP contribution in [0, 0.1) is 11.3 Å². The highest BCUT2D eigenvalue weighted by atomic mass is 15.2. The van der Waals surface area contributed by atoms with Crippen molar-refractivity contribution in [3.8, 4) is 6.07 Å². The van der Waals surface area contributed by atoms with Crippen molar-refractivity contribution in [1.82, 2.24) is 5.32 Å². The zero-order valence-electron chi connectivity index (χ0n) is 11.5. The van der Waals surface area contributed by atoms with Crippen molar-refractivity contribution < 1.29 is 0 Å². The quantitative estimate of drug-likeness (QED) is 0.878. The number of hydrogen-bond acceptors (Lipinski definition) is 3.